The average molecular weight is 279 g/mol. The SMILES string of the molecule is CCN(C(=O)C(=O)Nc1cc(C)on1)C1CCCCC1. The number of hydrogen-bond donors (Lipinski definition) is 1. The molecule has 0 radical (unpaired) electrons. The summed E-state index contributed by atoms with van der Waals surface area (Å²) in [6.45, 7) is 4.18. The number of hydrogen-bond acceptors (Lipinski definition) is 4. The lowest BCUT2D eigenvalue weighted by Gasteiger charge is -2.32. The van der Waals surface area contributed by atoms with Crippen LogP contribution in [-0.2, 0) is 9.59 Å². The Morgan fingerprint density at radius 2 is 2.10 bits per heavy atom. The van der Waals surface area contributed by atoms with E-state index >= 15 is 0 Å². The third-order valence-corrected chi connectivity index (χ3v) is 3.68. The van der Waals surface area contributed by atoms with Gasteiger partial charge in [-0.05, 0) is 26.7 Å². The van der Waals surface area contributed by atoms with Crippen molar-refractivity contribution in [1.29, 1.82) is 0 Å². The lowest BCUT2D eigenvalue weighted by molar-refractivity contribution is -0.145. The van der Waals surface area contributed by atoms with E-state index in [1.54, 1.807) is 17.9 Å². The Bertz CT molecular complexity index is 478. The molecule has 2 amide bonds. The number of aryl methyl sites for hydroxylation is 1. The number of carbonyl (C=O) groups is 2. The van der Waals surface area contributed by atoms with Crippen LogP contribution in [-0.4, -0.2) is 34.5 Å². The van der Waals surface area contributed by atoms with E-state index < -0.39 is 11.8 Å². The fraction of sp³-hybridized carbons (Fsp3) is 0.643. The number of nitrogens with one attached hydrogen (secondary N) is 1. The van der Waals surface area contributed by atoms with Gasteiger partial charge < -0.3 is 9.42 Å². The molecule has 0 saturated heterocycles. The maximum atomic E-state index is 12.2. The zero-order valence-corrected chi connectivity index (χ0v) is 12.0. The van der Waals surface area contributed by atoms with Crippen LogP contribution in [0.25, 0.3) is 0 Å². The number of likely N-dealkylation sites (N-methyl/N-ethyl adjacent to an activating group) is 1. The van der Waals surface area contributed by atoms with Crippen molar-refractivity contribution in [2.24, 2.45) is 0 Å². The molecule has 2 rings (SSSR count). The van der Waals surface area contributed by atoms with Crippen molar-refractivity contribution in [1.82, 2.24) is 10.1 Å². The molecule has 1 aliphatic carbocycles. The highest BCUT2D eigenvalue weighted by molar-refractivity contribution is 6.39. The topological polar surface area (TPSA) is 75.4 Å². The van der Waals surface area contributed by atoms with Crippen molar-refractivity contribution in [3.8, 4) is 0 Å². The van der Waals surface area contributed by atoms with Crippen LogP contribution in [0.5, 0.6) is 0 Å². The summed E-state index contributed by atoms with van der Waals surface area (Å²) in [6.07, 6.45) is 5.43. The normalized spacial score (nSPS) is 15.9. The molecular formula is C14H21N3O3. The minimum absolute atomic E-state index is 0.186. The summed E-state index contributed by atoms with van der Waals surface area (Å²) in [4.78, 5) is 25.9. The zero-order valence-electron chi connectivity index (χ0n) is 12.0. The number of carbonyl (C=O) groups excluding carboxylic acids is 2. The van der Waals surface area contributed by atoms with Gasteiger partial charge in [-0.1, -0.05) is 24.4 Å². The minimum atomic E-state index is -0.647. The van der Waals surface area contributed by atoms with Crippen LogP contribution >= 0.6 is 0 Å². The molecule has 1 N–H and O–H groups in total. The summed E-state index contributed by atoms with van der Waals surface area (Å²) >= 11 is 0. The third-order valence-electron chi connectivity index (χ3n) is 3.68. The van der Waals surface area contributed by atoms with Gasteiger partial charge in [-0.2, -0.15) is 0 Å². The largest absolute Gasteiger partial charge is 0.360 e. The van der Waals surface area contributed by atoms with Crippen molar-refractivity contribution in [3.63, 3.8) is 0 Å². The third kappa shape index (κ3) is 3.37. The highest BCUT2D eigenvalue weighted by Crippen LogP contribution is 2.22. The Morgan fingerprint density at radius 1 is 1.40 bits per heavy atom. The molecule has 6 nitrogen and oxygen atoms in total. The monoisotopic (exact) mass is 279 g/mol. The number of nitrogens with zero attached hydrogens (tertiary/aromatic N) is 2. The first-order valence-electron chi connectivity index (χ1n) is 7.17. The minimum Gasteiger partial charge on any atom is -0.360 e. The van der Waals surface area contributed by atoms with E-state index in [9.17, 15) is 9.59 Å². The molecule has 1 saturated carbocycles. The van der Waals surface area contributed by atoms with E-state index in [1.165, 1.54) is 6.42 Å². The molecule has 6 heteroatoms. The molecule has 1 fully saturated rings. The first-order chi connectivity index (χ1) is 9.61. The highest BCUT2D eigenvalue weighted by atomic mass is 16.5. The van der Waals surface area contributed by atoms with Crippen molar-refractivity contribution >= 4 is 17.6 Å². The Kier molecular flexibility index (Phi) is 4.76. The number of aromatic nitrogens is 1. The second-order valence-corrected chi connectivity index (χ2v) is 5.16. The van der Waals surface area contributed by atoms with E-state index in [0.717, 1.165) is 25.7 Å². The van der Waals surface area contributed by atoms with Crippen LogP contribution in [0.2, 0.25) is 0 Å². The molecule has 1 aromatic heterocycles. The summed E-state index contributed by atoms with van der Waals surface area (Å²) in [5, 5.41) is 6.14. The van der Waals surface area contributed by atoms with E-state index in [-0.39, 0.29) is 11.9 Å². The van der Waals surface area contributed by atoms with Gasteiger partial charge in [0.2, 0.25) is 0 Å². The number of anilines is 1. The quantitative estimate of drug-likeness (QED) is 0.860. The molecule has 0 unspecified atom stereocenters. The first kappa shape index (κ1) is 14.6. The van der Waals surface area contributed by atoms with Gasteiger partial charge in [0.1, 0.15) is 5.76 Å². The maximum Gasteiger partial charge on any atom is 0.315 e. The molecule has 0 bridgehead atoms. The number of amides is 2. The lowest BCUT2D eigenvalue weighted by atomic mass is 9.94. The van der Waals surface area contributed by atoms with E-state index in [2.05, 4.69) is 10.5 Å². The number of rotatable bonds is 3. The van der Waals surface area contributed by atoms with Gasteiger partial charge >= 0.3 is 11.8 Å². The van der Waals surface area contributed by atoms with Gasteiger partial charge in [0.05, 0.1) is 0 Å². The molecule has 0 aromatic carbocycles. The van der Waals surface area contributed by atoms with E-state index in [4.69, 9.17) is 4.52 Å². The Labute approximate surface area is 118 Å². The molecule has 20 heavy (non-hydrogen) atoms. The standard InChI is InChI=1S/C14H21N3O3/c1-3-17(11-7-5-4-6-8-11)14(19)13(18)15-12-9-10(2)20-16-12/h9,11H,3-8H2,1-2H3,(H,15,16,18). The molecule has 0 spiro atoms. The molecular weight excluding hydrogens is 258 g/mol. The van der Waals surface area contributed by atoms with E-state index in [0.29, 0.717) is 12.3 Å². The van der Waals surface area contributed by atoms with Gasteiger partial charge in [0, 0.05) is 18.7 Å². The molecule has 110 valence electrons. The van der Waals surface area contributed by atoms with E-state index in [1.807, 2.05) is 6.92 Å². The molecule has 0 aliphatic heterocycles. The van der Waals surface area contributed by atoms with Crippen LogP contribution in [0.15, 0.2) is 10.6 Å². The zero-order chi connectivity index (χ0) is 14.5. The first-order valence-corrected chi connectivity index (χ1v) is 7.17. The van der Waals surface area contributed by atoms with Crippen molar-refractivity contribution in [3.05, 3.63) is 11.8 Å². The van der Waals surface area contributed by atoms with Gasteiger partial charge in [-0.25, -0.2) is 0 Å². The predicted molar refractivity (Wildman–Crippen MR) is 74.1 cm³/mol. The Morgan fingerprint density at radius 3 is 2.65 bits per heavy atom. The second-order valence-electron chi connectivity index (χ2n) is 5.16. The summed E-state index contributed by atoms with van der Waals surface area (Å²) < 4.78 is 4.86. The lowest BCUT2D eigenvalue weighted by Crippen LogP contribution is -2.46. The van der Waals surface area contributed by atoms with Crippen molar-refractivity contribution < 1.29 is 14.1 Å². The Balaban J connectivity index is 1.98. The predicted octanol–water partition coefficient (Wildman–Crippen LogP) is 2.10. The maximum absolute atomic E-state index is 12.2. The van der Waals surface area contributed by atoms with Gasteiger partial charge in [0.15, 0.2) is 5.82 Å². The molecule has 1 aromatic rings. The van der Waals surface area contributed by atoms with Gasteiger partial charge in [0.25, 0.3) is 0 Å². The average Bonchev–Trinajstić information content (AvgIpc) is 2.86. The van der Waals surface area contributed by atoms with Gasteiger partial charge in [-0.15, -0.1) is 0 Å². The molecule has 0 atom stereocenters. The van der Waals surface area contributed by atoms with Gasteiger partial charge in [-0.3, -0.25) is 14.9 Å². The molecule has 1 aliphatic rings. The van der Waals surface area contributed by atoms with Crippen molar-refractivity contribution in [2.75, 3.05) is 11.9 Å². The molecule has 1 heterocycles. The van der Waals surface area contributed by atoms with Crippen LogP contribution in [0.3, 0.4) is 0 Å². The second kappa shape index (κ2) is 6.54. The van der Waals surface area contributed by atoms with Crippen LogP contribution in [0, 0.1) is 6.92 Å². The summed E-state index contributed by atoms with van der Waals surface area (Å²) in [5.41, 5.74) is 0. The smallest absolute Gasteiger partial charge is 0.315 e. The summed E-state index contributed by atoms with van der Waals surface area (Å²) in [6, 6.07) is 1.77. The van der Waals surface area contributed by atoms with Crippen LogP contribution in [0.1, 0.15) is 44.8 Å². The fourth-order valence-electron chi connectivity index (χ4n) is 2.69. The van der Waals surface area contributed by atoms with Crippen LogP contribution < -0.4 is 5.32 Å². The summed E-state index contributed by atoms with van der Waals surface area (Å²) in [5.74, 6) is -0.265. The summed E-state index contributed by atoms with van der Waals surface area (Å²) in [7, 11) is 0. The highest BCUT2D eigenvalue weighted by Gasteiger charge is 2.28. The Hall–Kier alpha value is -1.85. The fourth-order valence-corrected chi connectivity index (χ4v) is 2.69. The van der Waals surface area contributed by atoms with Crippen LogP contribution in [0.4, 0.5) is 5.82 Å². The van der Waals surface area contributed by atoms with Crippen molar-refractivity contribution in [2.45, 2.75) is 52.0 Å².